The van der Waals surface area contributed by atoms with Gasteiger partial charge in [0.25, 0.3) is 0 Å². The molecule has 0 radical (unpaired) electrons. The first-order valence-corrected chi connectivity index (χ1v) is 13.1. The Kier molecular flexibility index (Phi) is 4.65. The van der Waals surface area contributed by atoms with Crippen molar-refractivity contribution in [2.45, 2.75) is 12.3 Å². The molecule has 3 heterocycles. The van der Waals surface area contributed by atoms with E-state index in [1.807, 2.05) is 24.4 Å². The average Bonchev–Trinajstić information content (AvgIpc) is 3.53. The highest BCUT2D eigenvalue weighted by molar-refractivity contribution is 6.05. The number of allylic oxidation sites excluding steroid dienone is 1. The van der Waals surface area contributed by atoms with Gasteiger partial charge < -0.3 is 4.42 Å². The number of benzene rings is 4. The smallest absolute Gasteiger partial charge is 0.137 e. The van der Waals surface area contributed by atoms with Crippen LogP contribution in [-0.4, -0.2) is 9.55 Å². The van der Waals surface area contributed by atoms with E-state index in [1.165, 1.54) is 44.1 Å². The fourth-order valence-corrected chi connectivity index (χ4v) is 5.98. The number of rotatable bonds is 3. The molecule has 38 heavy (non-hydrogen) atoms. The fourth-order valence-electron chi connectivity index (χ4n) is 5.98. The summed E-state index contributed by atoms with van der Waals surface area (Å²) in [6.45, 7) is 0. The van der Waals surface area contributed by atoms with Crippen molar-refractivity contribution < 1.29 is 4.42 Å². The van der Waals surface area contributed by atoms with Crippen LogP contribution >= 0.6 is 0 Å². The predicted octanol–water partition coefficient (Wildman–Crippen LogP) is 8.95. The molecular weight excluding hydrogens is 464 g/mol. The molecule has 7 aromatic rings. The van der Waals surface area contributed by atoms with E-state index in [9.17, 15) is 0 Å². The van der Waals surface area contributed by atoms with Crippen molar-refractivity contribution in [2.24, 2.45) is 0 Å². The summed E-state index contributed by atoms with van der Waals surface area (Å²) < 4.78 is 8.37. The Hall–Kier alpha value is -4.89. The lowest BCUT2D eigenvalue weighted by Crippen LogP contribution is -2.08. The topological polar surface area (TPSA) is 31.0 Å². The molecular formula is C35H24N2O. The van der Waals surface area contributed by atoms with Gasteiger partial charge in [0.05, 0.1) is 11.2 Å². The molecule has 0 aliphatic heterocycles. The first kappa shape index (κ1) is 21.2. The summed E-state index contributed by atoms with van der Waals surface area (Å²) in [5.74, 6) is 1.24. The molecule has 0 saturated heterocycles. The van der Waals surface area contributed by atoms with Crippen LogP contribution in [0.5, 0.6) is 0 Å². The standard InChI is InChI=1S/C35H24N2O/c1-2-8-23(9-3-1)26-16-19-35(36-22-26)37-31-12-6-4-10-27(31)29-20-24(14-17-32(29)37)25-15-18-34-30(21-25)28-11-5-7-13-33(28)38-34/h1-19,21-22,24H,20H2. The van der Waals surface area contributed by atoms with Gasteiger partial charge in [0.2, 0.25) is 0 Å². The molecule has 1 aliphatic rings. The minimum Gasteiger partial charge on any atom is -0.456 e. The molecule has 4 aromatic carbocycles. The van der Waals surface area contributed by atoms with Crippen LogP contribution in [0.4, 0.5) is 0 Å². The predicted molar refractivity (Wildman–Crippen MR) is 156 cm³/mol. The second-order valence-corrected chi connectivity index (χ2v) is 10.0. The number of pyridine rings is 1. The van der Waals surface area contributed by atoms with Crippen LogP contribution in [0.25, 0.3) is 55.9 Å². The molecule has 0 saturated carbocycles. The molecule has 0 N–H and O–H groups in total. The maximum absolute atomic E-state index is 6.07. The third-order valence-electron chi connectivity index (χ3n) is 7.84. The normalized spacial score (nSPS) is 14.9. The number of hydrogen-bond donors (Lipinski definition) is 0. The molecule has 0 spiro atoms. The van der Waals surface area contributed by atoms with Crippen molar-refractivity contribution in [3.63, 3.8) is 0 Å². The minimum atomic E-state index is 0.299. The Morgan fingerprint density at radius 3 is 2.34 bits per heavy atom. The minimum absolute atomic E-state index is 0.299. The highest BCUT2D eigenvalue weighted by Crippen LogP contribution is 2.39. The molecule has 1 aliphatic carbocycles. The number of furan rings is 1. The summed E-state index contributed by atoms with van der Waals surface area (Å²) in [5, 5.41) is 3.65. The van der Waals surface area contributed by atoms with Gasteiger partial charge in [0.1, 0.15) is 17.0 Å². The molecule has 3 heteroatoms. The van der Waals surface area contributed by atoms with E-state index in [1.54, 1.807) is 0 Å². The lowest BCUT2D eigenvalue weighted by Gasteiger charge is -2.19. The molecule has 180 valence electrons. The molecule has 3 nitrogen and oxygen atoms in total. The number of aromatic nitrogens is 2. The maximum Gasteiger partial charge on any atom is 0.137 e. The lowest BCUT2D eigenvalue weighted by atomic mass is 9.86. The Balaban J connectivity index is 1.22. The second kappa shape index (κ2) is 8.32. The van der Waals surface area contributed by atoms with Crippen molar-refractivity contribution in [3.05, 3.63) is 138 Å². The molecule has 3 aromatic heterocycles. The Labute approximate surface area is 220 Å². The van der Waals surface area contributed by atoms with Crippen LogP contribution in [0.1, 0.15) is 22.7 Å². The van der Waals surface area contributed by atoms with E-state index >= 15 is 0 Å². The summed E-state index contributed by atoms with van der Waals surface area (Å²) in [7, 11) is 0. The Morgan fingerprint density at radius 2 is 1.47 bits per heavy atom. The van der Waals surface area contributed by atoms with E-state index in [0.717, 1.165) is 29.0 Å². The number of nitrogens with zero attached hydrogens (tertiary/aromatic N) is 2. The van der Waals surface area contributed by atoms with Gasteiger partial charge in [0, 0.05) is 33.8 Å². The maximum atomic E-state index is 6.07. The van der Waals surface area contributed by atoms with E-state index in [0.29, 0.717) is 5.92 Å². The fraction of sp³-hybridized carbons (Fsp3) is 0.0571. The third-order valence-corrected chi connectivity index (χ3v) is 7.84. The molecule has 1 atom stereocenters. The number of hydrogen-bond acceptors (Lipinski definition) is 2. The summed E-state index contributed by atoms with van der Waals surface area (Å²) in [6.07, 6.45) is 7.56. The lowest BCUT2D eigenvalue weighted by molar-refractivity contribution is 0.668. The van der Waals surface area contributed by atoms with Gasteiger partial charge >= 0.3 is 0 Å². The highest BCUT2D eigenvalue weighted by atomic mass is 16.3. The van der Waals surface area contributed by atoms with Crippen LogP contribution in [0.3, 0.4) is 0 Å². The van der Waals surface area contributed by atoms with E-state index in [2.05, 4.69) is 108 Å². The van der Waals surface area contributed by atoms with Gasteiger partial charge in [-0.15, -0.1) is 0 Å². The molecule has 0 bridgehead atoms. The van der Waals surface area contributed by atoms with E-state index in [-0.39, 0.29) is 0 Å². The van der Waals surface area contributed by atoms with Gasteiger partial charge in [0.15, 0.2) is 0 Å². The number of para-hydroxylation sites is 2. The van der Waals surface area contributed by atoms with E-state index in [4.69, 9.17) is 9.40 Å². The van der Waals surface area contributed by atoms with Gasteiger partial charge in [-0.2, -0.15) is 0 Å². The van der Waals surface area contributed by atoms with Crippen LogP contribution < -0.4 is 0 Å². The molecule has 8 rings (SSSR count). The Morgan fingerprint density at radius 1 is 0.684 bits per heavy atom. The zero-order valence-corrected chi connectivity index (χ0v) is 20.7. The van der Waals surface area contributed by atoms with Gasteiger partial charge in [-0.3, -0.25) is 4.57 Å². The van der Waals surface area contributed by atoms with Crippen molar-refractivity contribution in [2.75, 3.05) is 0 Å². The van der Waals surface area contributed by atoms with Crippen molar-refractivity contribution in [1.29, 1.82) is 0 Å². The van der Waals surface area contributed by atoms with Crippen LogP contribution in [0.2, 0.25) is 0 Å². The second-order valence-electron chi connectivity index (χ2n) is 10.0. The van der Waals surface area contributed by atoms with Gasteiger partial charge in [-0.25, -0.2) is 4.98 Å². The van der Waals surface area contributed by atoms with Crippen LogP contribution in [0, 0.1) is 0 Å². The SMILES string of the molecule is C1=CC(c2ccc3oc4ccccc4c3c2)Cc2c1n(-c1ccc(-c3ccccc3)cn1)c1ccccc21. The van der Waals surface area contributed by atoms with Crippen LogP contribution in [0.15, 0.2) is 126 Å². The summed E-state index contributed by atoms with van der Waals surface area (Å²) in [6, 6.07) is 38.3. The van der Waals surface area contributed by atoms with Crippen molar-refractivity contribution >= 4 is 38.9 Å². The highest BCUT2D eigenvalue weighted by Gasteiger charge is 2.24. The van der Waals surface area contributed by atoms with Gasteiger partial charge in [-0.05, 0) is 65.6 Å². The zero-order valence-electron chi connectivity index (χ0n) is 20.7. The summed E-state index contributed by atoms with van der Waals surface area (Å²) >= 11 is 0. The zero-order chi connectivity index (χ0) is 25.1. The third kappa shape index (κ3) is 3.25. The largest absolute Gasteiger partial charge is 0.456 e. The Bertz CT molecular complexity index is 1990. The molecule has 1 unspecified atom stereocenters. The van der Waals surface area contributed by atoms with Gasteiger partial charge in [-0.1, -0.05) is 78.9 Å². The molecule has 0 amide bonds. The van der Waals surface area contributed by atoms with E-state index < -0.39 is 0 Å². The first-order chi connectivity index (χ1) is 18.8. The van der Waals surface area contributed by atoms with Crippen LogP contribution in [-0.2, 0) is 6.42 Å². The average molecular weight is 489 g/mol. The quantitative estimate of drug-likeness (QED) is 0.249. The van der Waals surface area contributed by atoms with Crippen molar-refractivity contribution in [3.8, 4) is 16.9 Å². The monoisotopic (exact) mass is 488 g/mol. The number of fused-ring (bicyclic) bond motifs is 6. The first-order valence-electron chi connectivity index (χ1n) is 13.1. The van der Waals surface area contributed by atoms with Crippen molar-refractivity contribution in [1.82, 2.24) is 9.55 Å². The molecule has 0 fully saturated rings. The summed E-state index contributed by atoms with van der Waals surface area (Å²) in [5.41, 5.74) is 9.28. The summed E-state index contributed by atoms with van der Waals surface area (Å²) in [4.78, 5) is 4.91.